The second-order valence-corrected chi connectivity index (χ2v) is 11.7. The van der Waals surface area contributed by atoms with E-state index in [0.29, 0.717) is 56.0 Å². The number of sulfonamides is 1. The van der Waals surface area contributed by atoms with Crippen molar-refractivity contribution in [2.24, 2.45) is 5.41 Å². The van der Waals surface area contributed by atoms with E-state index in [1.807, 2.05) is 13.0 Å². The van der Waals surface area contributed by atoms with Gasteiger partial charge in [-0.1, -0.05) is 11.6 Å². The second-order valence-electron chi connectivity index (χ2n) is 9.35. The summed E-state index contributed by atoms with van der Waals surface area (Å²) in [4.78, 5) is 14.6. The van der Waals surface area contributed by atoms with Crippen molar-refractivity contribution in [3.63, 3.8) is 0 Å². The molecule has 0 radical (unpaired) electrons. The van der Waals surface area contributed by atoms with Gasteiger partial charge in [0.1, 0.15) is 5.75 Å². The topological polar surface area (TPSA) is 76.2 Å². The molecule has 0 aromatic heterocycles. The molecule has 0 spiro atoms. The van der Waals surface area contributed by atoms with Gasteiger partial charge in [-0.15, -0.1) is 0 Å². The molecule has 7 nitrogen and oxygen atoms in total. The van der Waals surface area contributed by atoms with Gasteiger partial charge in [-0.25, -0.2) is 17.2 Å². The molecular weight excluding hydrogens is 514 g/mol. The quantitative estimate of drug-likeness (QED) is 0.528. The molecule has 0 saturated carbocycles. The number of hydrogen-bond acceptors (Lipinski definition) is 5. The summed E-state index contributed by atoms with van der Waals surface area (Å²) in [5.41, 5.74) is 0.267. The van der Waals surface area contributed by atoms with Crippen LogP contribution in [0.1, 0.15) is 24.8 Å². The van der Waals surface area contributed by atoms with Crippen molar-refractivity contribution < 1.29 is 31.5 Å². The van der Waals surface area contributed by atoms with E-state index in [-0.39, 0.29) is 36.9 Å². The minimum Gasteiger partial charge on any atom is -0.493 e. The van der Waals surface area contributed by atoms with Crippen LogP contribution < -0.4 is 4.74 Å². The number of benzene rings is 2. The first-order valence-electron chi connectivity index (χ1n) is 11.8. The van der Waals surface area contributed by atoms with E-state index < -0.39 is 27.1 Å². The predicted molar refractivity (Wildman–Crippen MR) is 130 cm³/mol. The highest BCUT2D eigenvalue weighted by Crippen LogP contribution is 2.38. The molecule has 1 amide bonds. The number of morpholine rings is 1. The smallest absolute Gasteiger partial charge is 0.243 e. The number of nitrogens with zero attached hydrogens (tertiary/aromatic N) is 2. The van der Waals surface area contributed by atoms with Crippen LogP contribution in [0.4, 0.5) is 8.78 Å². The van der Waals surface area contributed by atoms with Crippen LogP contribution in [-0.2, 0) is 19.6 Å². The molecule has 0 unspecified atom stereocenters. The molecule has 0 N–H and O–H groups in total. The van der Waals surface area contributed by atoms with Crippen molar-refractivity contribution in [3.05, 3.63) is 58.6 Å². The number of aryl methyl sites for hydroxylation is 1. The first kappa shape index (κ1) is 26.8. The Balaban J connectivity index is 1.51. The molecule has 2 aliphatic rings. The van der Waals surface area contributed by atoms with E-state index in [0.717, 1.165) is 17.7 Å². The highest BCUT2D eigenvalue weighted by Gasteiger charge is 2.42. The zero-order chi connectivity index (χ0) is 25.9. The van der Waals surface area contributed by atoms with Gasteiger partial charge in [0.15, 0.2) is 11.6 Å². The van der Waals surface area contributed by atoms with Gasteiger partial charge in [0.2, 0.25) is 15.9 Å². The van der Waals surface area contributed by atoms with Crippen molar-refractivity contribution in [1.82, 2.24) is 9.21 Å². The van der Waals surface area contributed by atoms with Crippen LogP contribution in [0.3, 0.4) is 0 Å². The number of rotatable bonds is 7. The van der Waals surface area contributed by atoms with Crippen molar-refractivity contribution in [2.45, 2.75) is 31.1 Å². The van der Waals surface area contributed by atoms with Gasteiger partial charge in [-0.3, -0.25) is 4.79 Å². The average Bonchev–Trinajstić information content (AvgIpc) is 2.87. The van der Waals surface area contributed by atoms with Crippen molar-refractivity contribution in [1.29, 1.82) is 0 Å². The molecule has 0 atom stereocenters. The number of halogens is 3. The summed E-state index contributed by atoms with van der Waals surface area (Å²) < 4.78 is 65.9. The fourth-order valence-electron chi connectivity index (χ4n) is 4.55. The van der Waals surface area contributed by atoms with Gasteiger partial charge < -0.3 is 14.4 Å². The van der Waals surface area contributed by atoms with Crippen LogP contribution in [0, 0.1) is 24.0 Å². The van der Waals surface area contributed by atoms with Gasteiger partial charge in [0, 0.05) is 43.0 Å². The van der Waals surface area contributed by atoms with E-state index in [2.05, 4.69) is 0 Å². The second kappa shape index (κ2) is 11.0. The first-order chi connectivity index (χ1) is 17.1. The summed E-state index contributed by atoms with van der Waals surface area (Å²) in [5, 5.41) is 0.621. The monoisotopic (exact) mass is 542 g/mol. The number of piperidine rings is 1. The van der Waals surface area contributed by atoms with Crippen molar-refractivity contribution in [2.75, 3.05) is 46.0 Å². The number of carbonyl (C=O) groups is 1. The summed E-state index contributed by atoms with van der Waals surface area (Å²) in [5.74, 6) is -1.73. The minimum atomic E-state index is -4.02. The zero-order valence-electron chi connectivity index (χ0n) is 20.0. The summed E-state index contributed by atoms with van der Waals surface area (Å²) in [6.07, 6.45) is 0.954. The summed E-state index contributed by atoms with van der Waals surface area (Å²) in [7, 11) is -4.02. The van der Waals surface area contributed by atoms with E-state index in [1.165, 1.54) is 4.31 Å². The summed E-state index contributed by atoms with van der Waals surface area (Å²) in [6.45, 7) is 4.35. The summed E-state index contributed by atoms with van der Waals surface area (Å²) in [6, 6.07) is 7.89. The third-order valence-electron chi connectivity index (χ3n) is 6.88. The molecule has 0 aliphatic carbocycles. The SMILES string of the molecule is Cc1cc(OCC2(CC(=O)N3CCOCC3)CCN(S(=O)(=O)c3ccc(F)c(F)c3)CC2)ccc1Cl. The lowest BCUT2D eigenvalue weighted by Gasteiger charge is -2.41. The Labute approximate surface area is 215 Å². The number of carbonyl (C=O) groups excluding carboxylic acids is 1. The van der Waals surface area contributed by atoms with Crippen LogP contribution in [0.2, 0.25) is 5.02 Å². The predicted octanol–water partition coefficient (Wildman–Crippen LogP) is 4.03. The Morgan fingerprint density at radius 3 is 2.39 bits per heavy atom. The Hall–Kier alpha value is -2.27. The van der Waals surface area contributed by atoms with E-state index >= 15 is 0 Å². The van der Waals surface area contributed by atoms with Gasteiger partial charge >= 0.3 is 0 Å². The highest BCUT2D eigenvalue weighted by molar-refractivity contribution is 7.89. The molecule has 2 aromatic rings. The van der Waals surface area contributed by atoms with Crippen molar-refractivity contribution in [3.8, 4) is 5.75 Å². The first-order valence-corrected chi connectivity index (χ1v) is 13.6. The number of ether oxygens (including phenoxy) is 2. The Morgan fingerprint density at radius 2 is 1.75 bits per heavy atom. The maximum absolute atomic E-state index is 13.7. The molecule has 36 heavy (non-hydrogen) atoms. The average molecular weight is 543 g/mol. The normalized spacial score (nSPS) is 18.7. The Morgan fingerprint density at radius 1 is 1.06 bits per heavy atom. The molecule has 196 valence electrons. The molecule has 2 aromatic carbocycles. The lowest BCUT2D eigenvalue weighted by atomic mass is 9.76. The largest absolute Gasteiger partial charge is 0.493 e. The Kier molecular flexibility index (Phi) is 8.18. The van der Waals surface area contributed by atoms with Crippen LogP contribution in [0.5, 0.6) is 5.75 Å². The fourth-order valence-corrected chi connectivity index (χ4v) is 6.12. The summed E-state index contributed by atoms with van der Waals surface area (Å²) >= 11 is 6.12. The third-order valence-corrected chi connectivity index (χ3v) is 9.20. The molecule has 2 aliphatic heterocycles. The lowest BCUT2D eigenvalue weighted by Crippen LogP contribution is -2.49. The molecule has 2 heterocycles. The Bertz CT molecular complexity index is 1210. The van der Waals surface area contributed by atoms with E-state index in [9.17, 15) is 22.0 Å². The maximum Gasteiger partial charge on any atom is 0.243 e. The van der Waals surface area contributed by atoms with Crippen LogP contribution >= 0.6 is 11.6 Å². The molecule has 0 bridgehead atoms. The van der Waals surface area contributed by atoms with Gasteiger partial charge in [-0.2, -0.15) is 4.31 Å². The zero-order valence-corrected chi connectivity index (χ0v) is 21.6. The number of amides is 1. The maximum atomic E-state index is 13.7. The van der Waals surface area contributed by atoms with Crippen LogP contribution in [-0.4, -0.2) is 69.5 Å². The number of hydrogen-bond donors (Lipinski definition) is 0. The molecule has 2 fully saturated rings. The highest BCUT2D eigenvalue weighted by atomic mass is 35.5. The van der Waals surface area contributed by atoms with Gasteiger partial charge in [-0.05, 0) is 61.7 Å². The standard InChI is InChI=1S/C25H29ClF2N2O5S/c1-18-14-19(2-4-21(18)26)35-17-25(16-24(31)29-10-12-34-13-11-29)6-8-30(9-7-25)36(32,33)20-3-5-22(27)23(28)15-20/h2-5,14-15H,6-13,16-17H2,1H3. The minimum absolute atomic E-state index is 0.0221. The molecule has 4 rings (SSSR count). The van der Waals surface area contributed by atoms with E-state index in [1.54, 1.807) is 17.0 Å². The van der Waals surface area contributed by atoms with E-state index in [4.69, 9.17) is 21.1 Å². The molecular formula is C25H29ClF2N2O5S. The van der Waals surface area contributed by atoms with Crippen LogP contribution in [0.15, 0.2) is 41.3 Å². The fraction of sp³-hybridized carbons (Fsp3) is 0.480. The third kappa shape index (κ3) is 5.99. The lowest BCUT2D eigenvalue weighted by molar-refractivity contribution is -0.139. The molecule has 11 heteroatoms. The molecule has 2 saturated heterocycles. The van der Waals surface area contributed by atoms with Gasteiger partial charge in [0.25, 0.3) is 0 Å². The van der Waals surface area contributed by atoms with Crippen LogP contribution in [0.25, 0.3) is 0 Å². The van der Waals surface area contributed by atoms with Gasteiger partial charge in [0.05, 0.1) is 24.7 Å². The van der Waals surface area contributed by atoms with Crippen molar-refractivity contribution >= 4 is 27.5 Å².